The number of methoxy groups -OCH3 is 1. The third-order valence-electron chi connectivity index (χ3n) is 4.07. The fraction of sp³-hybridized carbons (Fsp3) is 0.158. The molecule has 0 radical (unpaired) electrons. The van der Waals surface area contributed by atoms with Crippen LogP contribution in [0.5, 0.6) is 5.75 Å². The van der Waals surface area contributed by atoms with Crippen molar-refractivity contribution in [3.8, 4) is 16.3 Å². The molecule has 6 nitrogen and oxygen atoms in total. The summed E-state index contributed by atoms with van der Waals surface area (Å²) >= 11 is 1.67. The highest BCUT2D eigenvalue weighted by atomic mass is 32.1. The van der Waals surface area contributed by atoms with Crippen LogP contribution < -0.4 is 10.1 Å². The number of furan rings is 1. The van der Waals surface area contributed by atoms with Crippen molar-refractivity contribution in [2.75, 3.05) is 12.4 Å². The number of aryl methyl sites for hydroxylation is 1. The molecule has 0 saturated carbocycles. The first-order valence-corrected chi connectivity index (χ1v) is 8.90. The minimum atomic E-state index is -0.149. The van der Waals surface area contributed by atoms with Crippen molar-refractivity contribution in [1.82, 2.24) is 10.2 Å². The molecule has 0 saturated heterocycles. The van der Waals surface area contributed by atoms with Gasteiger partial charge in [-0.1, -0.05) is 0 Å². The number of nitrogens with one attached hydrogen (secondary N) is 2. The number of thiophene rings is 1. The zero-order valence-electron chi connectivity index (χ0n) is 14.3. The van der Waals surface area contributed by atoms with Crippen molar-refractivity contribution in [2.45, 2.75) is 13.3 Å². The summed E-state index contributed by atoms with van der Waals surface area (Å²) in [7, 11) is 1.61. The molecule has 0 atom stereocenters. The van der Waals surface area contributed by atoms with Gasteiger partial charge < -0.3 is 14.5 Å². The molecule has 0 unspecified atom stereocenters. The van der Waals surface area contributed by atoms with Crippen LogP contribution in [-0.2, 0) is 11.2 Å². The first kappa shape index (κ1) is 16.4. The van der Waals surface area contributed by atoms with Crippen LogP contribution in [0.1, 0.15) is 10.4 Å². The first-order chi connectivity index (χ1) is 12.6. The van der Waals surface area contributed by atoms with E-state index in [1.807, 2.05) is 24.3 Å². The molecule has 0 fully saturated rings. The van der Waals surface area contributed by atoms with E-state index < -0.39 is 0 Å². The molecule has 0 aliphatic heterocycles. The van der Waals surface area contributed by atoms with E-state index in [1.54, 1.807) is 30.8 Å². The molecule has 0 aliphatic carbocycles. The number of ether oxygens (including phenoxy) is 1. The number of fused-ring (bicyclic) bond motifs is 1. The highest BCUT2D eigenvalue weighted by molar-refractivity contribution is 7.15. The molecule has 7 heteroatoms. The van der Waals surface area contributed by atoms with Gasteiger partial charge in [-0.05, 0) is 31.2 Å². The minimum Gasteiger partial charge on any atom is -0.497 e. The maximum absolute atomic E-state index is 12.4. The third-order valence-corrected chi connectivity index (χ3v) is 5.10. The Morgan fingerprint density at radius 3 is 2.96 bits per heavy atom. The average molecular weight is 367 g/mol. The highest BCUT2D eigenvalue weighted by Gasteiger charge is 2.13. The summed E-state index contributed by atoms with van der Waals surface area (Å²) < 4.78 is 10.7. The normalized spacial score (nSPS) is 11.0. The zero-order chi connectivity index (χ0) is 18.1. The summed E-state index contributed by atoms with van der Waals surface area (Å²) in [5.41, 5.74) is 2.41. The van der Waals surface area contributed by atoms with E-state index in [4.69, 9.17) is 9.15 Å². The number of anilines is 1. The van der Waals surface area contributed by atoms with Gasteiger partial charge in [-0.25, -0.2) is 0 Å². The van der Waals surface area contributed by atoms with Gasteiger partial charge in [0.25, 0.3) is 0 Å². The summed E-state index contributed by atoms with van der Waals surface area (Å²) in [6.45, 7) is 2.05. The molecule has 3 heterocycles. The molecule has 1 amide bonds. The van der Waals surface area contributed by atoms with Gasteiger partial charge in [-0.2, -0.15) is 5.10 Å². The SMILES string of the molecule is COc1ccc2c(CC(=O)Nc3cc(-c4ccc(C)s4)[nH]n3)coc2c1. The largest absolute Gasteiger partial charge is 0.497 e. The summed E-state index contributed by atoms with van der Waals surface area (Å²) in [6.07, 6.45) is 1.81. The zero-order valence-corrected chi connectivity index (χ0v) is 15.1. The Kier molecular flexibility index (Phi) is 4.22. The molecule has 1 aromatic carbocycles. The molecule has 4 aromatic rings. The average Bonchev–Trinajstić information content (AvgIpc) is 3.35. The number of nitrogens with zero attached hydrogens (tertiary/aromatic N) is 1. The van der Waals surface area contributed by atoms with Crippen LogP contribution in [0.3, 0.4) is 0 Å². The predicted octanol–water partition coefficient (Wildman–Crippen LogP) is 4.38. The van der Waals surface area contributed by atoms with Crippen LogP contribution in [0.15, 0.2) is 47.1 Å². The summed E-state index contributed by atoms with van der Waals surface area (Å²) in [5, 5.41) is 10.8. The van der Waals surface area contributed by atoms with Crippen molar-refractivity contribution < 1.29 is 13.9 Å². The Bertz CT molecular complexity index is 1080. The maximum Gasteiger partial charge on any atom is 0.230 e. The van der Waals surface area contributed by atoms with Crippen molar-refractivity contribution in [3.63, 3.8) is 0 Å². The quantitative estimate of drug-likeness (QED) is 0.548. The Morgan fingerprint density at radius 1 is 1.31 bits per heavy atom. The number of carbonyl (C=O) groups is 1. The van der Waals surface area contributed by atoms with E-state index in [1.165, 1.54) is 4.88 Å². The lowest BCUT2D eigenvalue weighted by Crippen LogP contribution is -2.14. The molecule has 2 N–H and O–H groups in total. The van der Waals surface area contributed by atoms with Gasteiger partial charge in [0, 0.05) is 28.0 Å². The summed E-state index contributed by atoms with van der Waals surface area (Å²) in [5.74, 6) is 1.07. The van der Waals surface area contributed by atoms with Gasteiger partial charge in [0.05, 0.1) is 30.4 Å². The maximum atomic E-state index is 12.4. The Labute approximate surface area is 153 Å². The standard InChI is InChI=1S/C19H17N3O3S/c1-11-3-6-17(26-11)15-9-18(22-21-15)20-19(23)7-12-10-25-16-8-13(24-2)4-5-14(12)16/h3-6,8-10H,7H2,1-2H3,(H2,20,21,22,23). The molecule has 0 spiro atoms. The van der Waals surface area contributed by atoms with Crippen LogP contribution in [0.2, 0.25) is 0 Å². The second-order valence-electron chi connectivity index (χ2n) is 5.93. The van der Waals surface area contributed by atoms with Crippen molar-refractivity contribution >= 4 is 34.0 Å². The Hall–Kier alpha value is -3.06. The van der Waals surface area contributed by atoms with Crippen LogP contribution in [0.4, 0.5) is 5.82 Å². The topological polar surface area (TPSA) is 80.1 Å². The van der Waals surface area contributed by atoms with Gasteiger partial charge in [0.1, 0.15) is 11.3 Å². The number of hydrogen-bond acceptors (Lipinski definition) is 5. The number of rotatable bonds is 5. The second kappa shape index (κ2) is 6.68. The fourth-order valence-corrected chi connectivity index (χ4v) is 3.61. The van der Waals surface area contributed by atoms with Gasteiger partial charge in [-0.15, -0.1) is 11.3 Å². The smallest absolute Gasteiger partial charge is 0.230 e. The fourth-order valence-electron chi connectivity index (χ4n) is 2.78. The molecule has 0 aliphatic rings. The monoisotopic (exact) mass is 367 g/mol. The summed E-state index contributed by atoms with van der Waals surface area (Å²) in [4.78, 5) is 14.7. The Balaban J connectivity index is 1.47. The Morgan fingerprint density at radius 2 is 2.19 bits per heavy atom. The second-order valence-corrected chi connectivity index (χ2v) is 7.21. The number of aromatic amines is 1. The van der Waals surface area contributed by atoms with Crippen LogP contribution >= 0.6 is 11.3 Å². The number of H-pyrrole nitrogens is 1. The van der Waals surface area contributed by atoms with E-state index in [-0.39, 0.29) is 12.3 Å². The molecule has 0 bridgehead atoms. The van der Waals surface area contributed by atoms with Crippen molar-refractivity contribution in [3.05, 3.63) is 53.1 Å². The van der Waals surface area contributed by atoms with Crippen molar-refractivity contribution in [1.29, 1.82) is 0 Å². The number of hydrogen-bond donors (Lipinski definition) is 2. The van der Waals surface area contributed by atoms with Gasteiger partial charge in [0.2, 0.25) is 5.91 Å². The minimum absolute atomic E-state index is 0.149. The predicted molar refractivity (Wildman–Crippen MR) is 102 cm³/mol. The molecule has 132 valence electrons. The lowest BCUT2D eigenvalue weighted by molar-refractivity contribution is -0.115. The lowest BCUT2D eigenvalue weighted by Gasteiger charge is -2.01. The van der Waals surface area contributed by atoms with Crippen molar-refractivity contribution in [2.24, 2.45) is 0 Å². The highest BCUT2D eigenvalue weighted by Crippen LogP contribution is 2.28. The first-order valence-electron chi connectivity index (χ1n) is 8.08. The van der Waals surface area contributed by atoms with E-state index >= 15 is 0 Å². The molecule has 3 aromatic heterocycles. The number of benzene rings is 1. The molecule has 4 rings (SSSR count). The van der Waals surface area contributed by atoms with E-state index in [9.17, 15) is 4.79 Å². The summed E-state index contributed by atoms with van der Waals surface area (Å²) in [6, 6.07) is 11.5. The number of carbonyl (C=O) groups excluding carboxylic acids is 1. The molecular weight excluding hydrogens is 350 g/mol. The van der Waals surface area contributed by atoms with Crippen LogP contribution in [0.25, 0.3) is 21.5 Å². The van der Waals surface area contributed by atoms with E-state index in [0.717, 1.165) is 27.3 Å². The van der Waals surface area contributed by atoms with E-state index in [2.05, 4.69) is 28.5 Å². The number of aromatic nitrogens is 2. The third kappa shape index (κ3) is 3.21. The van der Waals surface area contributed by atoms with Gasteiger partial charge in [0.15, 0.2) is 5.82 Å². The van der Waals surface area contributed by atoms with E-state index in [0.29, 0.717) is 11.4 Å². The van der Waals surface area contributed by atoms with Crippen LogP contribution in [0, 0.1) is 6.92 Å². The van der Waals surface area contributed by atoms with Gasteiger partial charge in [-0.3, -0.25) is 9.89 Å². The lowest BCUT2D eigenvalue weighted by atomic mass is 10.1. The van der Waals surface area contributed by atoms with Crippen LogP contribution in [-0.4, -0.2) is 23.2 Å². The molecular formula is C19H17N3O3S. The van der Waals surface area contributed by atoms with Gasteiger partial charge >= 0.3 is 0 Å². The number of amides is 1. The molecule has 26 heavy (non-hydrogen) atoms.